The quantitative estimate of drug-likeness (QED) is 0.849. The first-order valence-corrected chi connectivity index (χ1v) is 8.74. The average Bonchev–Trinajstić information content (AvgIpc) is 3.02. The highest BCUT2D eigenvalue weighted by Crippen LogP contribution is 2.37. The minimum atomic E-state index is -0.299. The van der Waals surface area contributed by atoms with Crippen LogP contribution in [0.15, 0.2) is 48.5 Å². The van der Waals surface area contributed by atoms with E-state index in [9.17, 15) is 4.79 Å². The third kappa shape index (κ3) is 3.78. The topological polar surface area (TPSA) is 56.1 Å². The van der Waals surface area contributed by atoms with Crippen LogP contribution in [0.4, 0.5) is 5.69 Å². The summed E-state index contributed by atoms with van der Waals surface area (Å²) in [6, 6.07) is 17.7. The van der Waals surface area contributed by atoms with E-state index in [-0.39, 0.29) is 18.5 Å². The van der Waals surface area contributed by atoms with Gasteiger partial charge in [-0.25, -0.2) is 0 Å². The van der Waals surface area contributed by atoms with Gasteiger partial charge in [-0.2, -0.15) is 5.26 Å². The Bertz CT molecular complexity index is 800. The van der Waals surface area contributed by atoms with Crippen molar-refractivity contribution in [3.05, 3.63) is 53.6 Å². The molecule has 0 spiro atoms. The summed E-state index contributed by atoms with van der Waals surface area (Å²) in [5, 5.41) is 12.0. The Morgan fingerprint density at radius 2 is 2.04 bits per heavy atom. The van der Waals surface area contributed by atoms with Gasteiger partial charge in [0, 0.05) is 6.54 Å². The fraction of sp³-hybridized carbons (Fsp3) is 0.300. The number of nitrogens with one attached hydrogen (secondary N) is 1. The van der Waals surface area contributed by atoms with Gasteiger partial charge in [-0.15, -0.1) is 0 Å². The van der Waals surface area contributed by atoms with E-state index >= 15 is 0 Å². The maximum atomic E-state index is 12.5. The van der Waals surface area contributed by atoms with Crippen LogP contribution in [-0.4, -0.2) is 25.0 Å². The van der Waals surface area contributed by atoms with Crippen molar-refractivity contribution in [3.8, 4) is 17.2 Å². The second kappa shape index (κ2) is 7.58. The van der Waals surface area contributed by atoms with E-state index in [1.807, 2.05) is 42.5 Å². The number of rotatable bonds is 4. The molecule has 1 aliphatic rings. The molecule has 4 nitrogen and oxygen atoms in total. The minimum Gasteiger partial charge on any atom is -0.358 e. The number of nitrogens with zero attached hydrogens (tertiary/aromatic N) is 2. The lowest BCUT2D eigenvalue weighted by Crippen LogP contribution is -2.43. The zero-order valence-corrected chi connectivity index (χ0v) is 14.8. The van der Waals surface area contributed by atoms with Crippen molar-refractivity contribution in [3.63, 3.8) is 0 Å². The molecule has 0 bridgehead atoms. The molecular formula is C20H20ClN3O. The minimum absolute atomic E-state index is 0.0232. The molecule has 25 heavy (non-hydrogen) atoms. The first-order chi connectivity index (χ1) is 12.1. The third-order valence-corrected chi connectivity index (χ3v) is 4.84. The number of anilines is 1. The molecule has 1 saturated heterocycles. The summed E-state index contributed by atoms with van der Waals surface area (Å²) in [4.78, 5) is 14.5. The molecule has 0 saturated carbocycles. The Labute approximate surface area is 153 Å². The van der Waals surface area contributed by atoms with Crippen molar-refractivity contribution in [1.29, 1.82) is 5.26 Å². The van der Waals surface area contributed by atoms with Crippen LogP contribution >= 0.6 is 11.6 Å². The van der Waals surface area contributed by atoms with Gasteiger partial charge in [0.1, 0.15) is 12.6 Å². The van der Waals surface area contributed by atoms with Crippen LogP contribution in [0.2, 0.25) is 5.02 Å². The first-order valence-electron chi connectivity index (χ1n) is 8.36. The van der Waals surface area contributed by atoms with E-state index in [2.05, 4.69) is 29.3 Å². The molecule has 0 aromatic heterocycles. The molecule has 5 heteroatoms. The van der Waals surface area contributed by atoms with Crippen molar-refractivity contribution in [2.45, 2.75) is 19.4 Å². The second-order valence-electron chi connectivity index (χ2n) is 6.42. The van der Waals surface area contributed by atoms with Crippen LogP contribution in [0.3, 0.4) is 0 Å². The van der Waals surface area contributed by atoms with Crippen molar-refractivity contribution in [2.24, 2.45) is 5.92 Å². The summed E-state index contributed by atoms with van der Waals surface area (Å²) in [6.07, 6.45) is 0.753. The number of amides is 1. The zero-order chi connectivity index (χ0) is 17.8. The Kier molecular flexibility index (Phi) is 5.25. The van der Waals surface area contributed by atoms with E-state index in [1.54, 1.807) is 0 Å². The lowest BCUT2D eigenvalue weighted by Gasteiger charge is -2.27. The largest absolute Gasteiger partial charge is 0.358 e. The van der Waals surface area contributed by atoms with E-state index in [4.69, 9.17) is 16.9 Å². The van der Waals surface area contributed by atoms with Crippen molar-refractivity contribution < 1.29 is 4.79 Å². The first kappa shape index (κ1) is 17.3. The number of halogens is 1. The molecule has 1 amide bonds. The van der Waals surface area contributed by atoms with Crippen LogP contribution in [0.25, 0.3) is 11.1 Å². The molecule has 1 aliphatic heterocycles. The normalized spacial score (nSPS) is 19.5. The SMILES string of the molecule is CC1C[C@@H](C(=O)NCC#N)N(c2cc(-c3ccccc3)ccc2Cl)C1. The highest BCUT2D eigenvalue weighted by Gasteiger charge is 2.35. The molecule has 1 heterocycles. The number of carbonyl (C=O) groups is 1. The molecule has 1 N–H and O–H groups in total. The van der Waals surface area contributed by atoms with Crippen molar-refractivity contribution in [2.75, 3.05) is 18.0 Å². The van der Waals surface area contributed by atoms with Crippen molar-refractivity contribution in [1.82, 2.24) is 5.32 Å². The van der Waals surface area contributed by atoms with E-state index in [0.717, 1.165) is 29.8 Å². The van der Waals surface area contributed by atoms with Gasteiger partial charge in [0.25, 0.3) is 0 Å². The maximum absolute atomic E-state index is 12.5. The van der Waals surface area contributed by atoms with Gasteiger partial charge in [-0.1, -0.05) is 54.9 Å². The molecule has 0 aliphatic carbocycles. The molecule has 2 aromatic carbocycles. The number of hydrogen-bond acceptors (Lipinski definition) is 3. The summed E-state index contributed by atoms with van der Waals surface area (Å²) in [6.45, 7) is 2.91. The van der Waals surface area contributed by atoms with E-state index < -0.39 is 0 Å². The van der Waals surface area contributed by atoms with Gasteiger partial charge in [0.05, 0.1) is 16.8 Å². The fourth-order valence-corrected chi connectivity index (χ4v) is 3.57. The van der Waals surface area contributed by atoms with Crippen LogP contribution in [-0.2, 0) is 4.79 Å². The Hall–Kier alpha value is -2.51. The highest BCUT2D eigenvalue weighted by molar-refractivity contribution is 6.33. The maximum Gasteiger partial charge on any atom is 0.243 e. The molecular weight excluding hydrogens is 334 g/mol. The fourth-order valence-electron chi connectivity index (χ4n) is 3.35. The lowest BCUT2D eigenvalue weighted by molar-refractivity contribution is -0.122. The Morgan fingerprint density at radius 3 is 2.76 bits per heavy atom. The molecule has 1 unspecified atom stereocenters. The zero-order valence-electron chi connectivity index (χ0n) is 14.1. The van der Waals surface area contributed by atoms with Crippen LogP contribution < -0.4 is 10.2 Å². The van der Waals surface area contributed by atoms with Gasteiger partial charge in [-0.3, -0.25) is 4.79 Å². The van der Waals surface area contributed by atoms with Gasteiger partial charge in [-0.05, 0) is 35.6 Å². The summed E-state index contributed by atoms with van der Waals surface area (Å²) in [5.41, 5.74) is 3.04. The van der Waals surface area contributed by atoms with Gasteiger partial charge in [0.15, 0.2) is 0 Å². The van der Waals surface area contributed by atoms with Gasteiger partial charge in [0.2, 0.25) is 5.91 Å². The number of nitriles is 1. The second-order valence-corrected chi connectivity index (χ2v) is 6.82. The highest BCUT2D eigenvalue weighted by atomic mass is 35.5. The monoisotopic (exact) mass is 353 g/mol. The predicted molar refractivity (Wildman–Crippen MR) is 100 cm³/mol. The van der Waals surface area contributed by atoms with E-state index in [1.165, 1.54) is 0 Å². The predicted octanol–water partition coefficient (Wildman–Crippen LogP) is 3.86. The number of carbonyl (C=O) groups excluding carboxylic acids is 1. The average molecular weight is 354 g/mol. The standard InChI is InChI=1S/C20H20ClN3O/c1-14-11-19(20(25)23-10-9-22)24(13-14)18-12-16(7-8-17(18)21)15-5-3-2-4-6-15/h2-8,12,14,19H,10-11,13H2,1H3,(H,23,25)/t14?,19-/m0/s1. The summed E-state index contributed by atoms with van der Waals surface area (Å²) >= 11 is 6.46. The lowest BCUT2D eigenvalue weighted by atomic mass is 10.0. The number of benzene rings is 2. The van der Waals surface area contributed by atoms with Crippen LogP contribution in [0.1, 0.15) is 13.3 Å². The molecule has 1 fully saturated rings. The molecule has 2 atom stereocenters. The Balaban J connectivity index is 1.94. The molecule has 2 aromatic rings. The molecule has 3 rings (SSSR count). The van der Waals surface area contributed by atoms with E-state index in [0.29, 0.717) is 10.9 Å². The number of hydrogen-bond donors (Lipinski definition) is 1. The van der Waals surface area contributed by atoms with Gasteiger partial charge < -0.3 is 10.2 Å². The van der Waals surface area contributed by atoms with Crippen LogP contribution in [0.5, 0.6) is 0 Å². The smallest absolute Gasteiger partial charge is 0.243 e. The molecule has 128 valence electrons. The summed E-state index contributed by atoms with van der Waals surface area (Å²) in [7, 11) is 0. The Morgan fingerprint density at radius 1 is 1.28 bits per heavy atom. The van der Waals surface area contributed by atoms with Crippen LogP contribution in [0, 0.1) is 17.2 Å². The van der Waals surface area contributed by atoms with Gasteiger partial charge >= 0.3 is 0 Å². The molecule has 0 radical (unpaired) electrons. The third-order valence-electron chi connectivity index (χ3n) is 4.52. The van der Waals surface area contributed by atoms with Crippen molar-refractivity contribution >= 4 is 23.2 Å². The summed E-state index contributed by atoms with van der Waals surface area (Å²) < 4.78 is 0. The summed E-state index contributed by atoms with van der Waals surface area (Å²) in [5.74, 6) is 0.265.